The third-order valence-corrected chi connectivity index (χ3v) is 2.70. The highest BCUT2D eigenvalue weighted by molar-refractivity contribution is 5.82. The van der Waals surface area contributed by atoms with Crippen molar-refractivity contribution in [3.05, 3.63) is 0 Å². The second kappa shape index (κ2) is 12.4. The standard InChI is InChI=1S/C12H23N3O4.CH4/c1-15(2)10(5-3-4-7-13-9-16)12(19)14-8-6-11(17)18;/h9-10H,3-8H2,1-2H3,(H,13,16)(H,14,19)(H,17,18);1H4/i8+1,9+1,15+1;1+1. The Labute approximate surface area is 120 Å². The second-order valence-corrected chi connectivity index (χ2v) is 4.48. The summed E-state index contributed by atoms with van der Waals surface area (Å²) in [5, 5.41) is 13.7. The maximum absolute atomic E-state index is 11.9. The summed E-state index contributed by atoms with van der Waals surface area (Å²) < 4.78 is 0. The predicted molar refractivity (Wildman–Crippen MR) is 77.4 cm³/mol. The van der Waals surface area contributed by atoms with Crippen molar-refractivity contribution in [1.82, 2.24) is 15.5 Å². The number of nitrogens with one attached hydrogen (secondary N) is 2. The van der Waals surface area contributed by atoms with E-state index in [1.165, 1.54) is 0 Å². The van der Waals surface area contributed by atoms with Crippen molar-refractivity contribution in [2.45, 2.75) is 39.2 Å². The number of rotatable bonds is 11. The number of amides is 2. The van der Waals surface area contributed by atoms with Crippen LogP contribution >= 0.6 is 0 Å². The summed E-state index contributed by atoms with van der Waals surface area (Å²) in [6.45, 7) is 0.746. The lowest BCUT2D eigenvalue weighted by Gasteiger charge is -2.23. The Hall–Kier alpha value is -1.63. The molecular formula is C13H27N3O4. The van der Waals surface area contributed by atoms with Crippen LogP contribution < -0.4 is 10.6 Å². The highest BCUT2D eigenvalue weighted by Gasteiger charge is 2.19. The van der Waals surface area contributed by atoms with Gasteiger partial charge in [0.05, 0.1) is 12.5 Å². The molecule has 20 heavy (non-hydrogen) atoms. The Balaban J connectivity index is 0. The lowest BCUT2D eigenvalue weighted by atomic mass is 10.1. The number of carbonyl (C=O) groups is 3. The number of aliphatic carboxylic acids is 1. The maximum atomic E-state index is 11.9. The molecule has 0 spiro atoms. The van der Waals surface area contributed by atoms with Crippen LogP contribution in [0.3, 0.4) is 0 Å². The number of hydrogen-bond donors (Lipinski definition) is 3. The quantitative estimate of drug-likeness (QED) is 0.216. The molecule has 0 aliphatic heterocycles. The first-order valence-electron chi connectivity index (χ1n) is 6.32. The molecule has 0 heterocycles. The monoisotopic (exact) mass is 293 g/mol. The van der Waals surface area contributed by atoms with Crippen LogP contribution in [0.5, 0.6) is 0 Å². The lowest BCUT2D eigenvalue weighted by molar-refractivity contribution is -0.137. The minimum atomic E-state index is -0.929. The van der Waals surface area contributed by atoms with Gasteiger partial charge in [-0.1, -0.05) is 7.43 Å². The van der Waals surface area contributed by atoms with Crippen LogP contribution in [0.25, 0.3) is 0 Å². The molecule has 0 saturated heterocycles. The normalized spacial score (nSPS) is 11.3. The Kier molecular flexibility index (Phi) is 12.8. The third kappa shape index (κ3) is 10.3. The van der Waals surface area contributed by atoms with Gasteiger partial charge in [-0.05, 0) is 33.4 Å². The summed E-state index contributed by atoms with van der Waals surface area (Å²) in [7, 11) is 3.62. The zero-order chi connectivity index (χ0) is 14.7. The molecule has 0 aliphatic carbocycles. The summed E-state index contributed by atoms with van der Waals surface area (Å²) in [4.78, 5) is 34.1. The maximum Gasteiger partial charge on any atom is 0.305 e. The highest BCUT2D eigenvalue weighted by Crippen LogP contribution is 2.06. The van der Waals surface area contributed by atoms with E-state index in [0.29, 0.717) is 19.4 Å². The van der Waals surface area contributed by atoms with Crippen LogP contribution in [0.2, 0.25) is 0 Å². The number of carbonyl (C=O) groups excluding carboxylic acids is 2. The van der Waals surface area contributed by atoms with Crippen molar-refractivity contribution in [1.29, 1.82) is 0 Å². The fourth-order valence-corrected chi connectivity index (χ4v) is 1.66. The fourth-order valence-electron chi connectivity index (χ4n) is 1.66. The van der Waals surface area contributed by atoms with E-state index in [0.717, 1.165) is 12.8 Å². The highest BCUT2D eigenvalue weighted by atomic mass is 16.4. The van der Waals surface area contributed by atoms with Gasteiger partial charge in [0.15, 0.2) is 0 Å². The SMILES string of the molecule is C[15N](C)C(CCCCN[13CH]=O)C(=O)N[13CH2]CC(=O)O.[13CH4]. The second-order valence-electron chi connectivity index (χ2n) is 4.48. The number of likely N-dealkylation sites (N-methyl/N-ethyl adjacent to an activating group) is 1. The van der Waals surface area contributed by atoms with Crippen LogP contribution in [0.1, 0.15) is 33.1 Å². The molecular weight excluding hydrogens is 266 g/mol. The average Bonchev–Trinajstić information content (AvgIpc) is 2.32. The number of hydrogen-bond acceptors (Lipinski definition) is 4. The summed E-state index contributed by atoms with van der Waals surface area (Å²) in [5.41, 5.74) is 0. The summed E-state index contributed by atoms with van der Waals surface area (Å²) in [5.74, 6) is -1.09. The summed E-state index contributed by atoms with van der Waals surface area (Å²) in [6, 6.07) is -0.273. The molecule has 7 nitrogen and oxygen atoms in total. The van der Waals surface area contributed by atoms with Crippen molar-refractivity contribution in [3.8, 4) is 0 Å². The van der Waals surface area contributed by atoms with Crippen molar-refractivity contribution < 1.29 is 19.5 Å². The molecule has 1 atom stereocenters. The molecule has 118 valence electrons. The lowest BCUT2D eigenvalue weighted by Crippen LogP contribution is -2.44. The van der Waals surface area contributed by atoms with E-state index in [9.17, 15) is 14.4 Å². The van der Waals surface area contributed by atoms with Crippen molar-refractivity contribution >= 4 is 18.3 Å². The molecule has 0 aliphatic rings. The van der Waals surface area contributed by atoms with E-state index >= 15 is 0 Å². The van der Waals surface area contributed by atoms with Gasteiger partial charge in [0.1, 0.15) is 0 Å². The predicted octanol–water partition coefficient (Wildman–Crippen LogP) is 0.0599. The minimum Gasteiger partial charge on any atom is -0.481 e. The van der Waals surface area contributed by atoms with Crippen LogP contribution in [0, 0.1) is 0 Å². The van der Waals surface area contributed by atoms with Crippen molar-refractivity contribution in [2.24, 2.45) is 0 Å². The van der Waals surface area contributed by atoms with E-state index in [1.54, 1.807) is 0 Å². The van der Waals surface area contributed by atoms with Crippen LogP contribution in [-0.4, -0.2) is 61.5 Å². The molecule has 0 aromatic rings. The summed E-state index contributed by atoms with van der Waals surface area (Å²) in [6.07, 6.45) is 2.88. The van der Waals surface area contributed by atoms with Crippen molar-refractivity contribution in [3.63, 3.8) is 0 Å². The van der Waals surface area contributed by atoms with Gasteiger partial charge in [-0.3, -0.25) is 19.3 Å². The largest absolute Gasteiger partial charge is 0.481 e. The third-order valence-electron chi connectivity index (χ3n) is 2.70. The first kappa shape index (κ1) is 20.7. The molecule has 3 N–H and O–H groups in total. The number of carboxylic acids is 1. The van der Waals surface area contributed by atoms with E-state index in [4.69, 9.17) is 5.11 Å². The van der Waals surface area contributed by atoms with Gasteiger partial charge in [-0.25, -0.2) is 0 Å². The van der Waals surface area contributed by atoms with Gasteiger partial charge in [-0.2, -0.15) is 0 Å². The number of unbranched alkanes of at least 4 members (excludes halogenated alkanes) is 1. The molecule has 0 aromatic heterocycles. The number of carboxylic acid groups (broad SMARTS) is 1. The van der Waals surface area contributed by atoms with E-state index in [1.807, 2.05) is 19.0 Å². The van der Waals surface area contributed by atoms with Gasteiger partial charge in [0.2, 0.25) is 12.3 Å². The molecule has 7 heteroatoms. The summed E-state index contributed by atoms with van der Waals surface area (Å²) >= 11 is 0. The van der Waals surface area contributed by atoms with E-state index in [2.05, 4.69) is 10.6 Å². The fraction of sp³-hybridized carbons (Fsp3) is 0.769. The van der Waals surface area contributed by atoms with Gasteiger partial charge >= 0.3 is 5.97 Å². The molecule has 0 saturated carbocycles. The number of nitrogens with zero attached hydrogens (tertiary/aromatic N) is 1. The molecule has 0 bridgehead atoms. The average molecular weight is 293 g/mol. The molecule has 1 unspecified atom stereocenters. The smallest absolute Gasteiger partial charge is 0.305 e. The van der Waals surface area contributed by atoms with Gasteiger partial charge < -0.3 is 15.7 Å². The molecule has 0 aromatic carbocycles. The van der Waals surface area contributed by atoms with E-state index in [-0.39, 0.29) is 32.3 Å². The van der Waals surface area contributed by atoms with E-state index < -0.39 is 5.97 Å². The molecule has 0 rings (SSSR count). The molecule has 0 radical (unpaired) electrons. The van der Waals surface area contributed by atoms with Gasteiger partial charge in [-0.15, -0.1) is 0 Å². The van der Waals surface area contributed by atoms with Crippen LogP contribution in [0.4, 0.5) is 0 Å². The van der Waals surface area contributed by atoms with Crippen molar-refractivity contribution in [2.75, 3.05) is 27.2 Å². The minimum absolute atomic E-state index is 0. The zero-order valence-electron chi connectivity index (χ0n) is 11.5. The van der Waals surface area contributed by atoms with Crippen LogP contribution in [0.15, 0.2) is 0 Å². The van der Waals surface area contributed by atoms with Gasteiger partial charge in [0, 0.05) is 13.1 Å². The Morgan fingerprint density at radius 2 is 1.90 bits per heavy atom. The first-order valence-corrected chi connectivity index (χ1v) is 6.32. The molecule has 2 amide bonds. The van der Waals surface area contributed by atoms with Gasteiger partial charge in [0.25, 0.3) is 0 Å². The van der Waals surface area contributed by atoms with Crippen LogP contribution in [-0.2, 0) is 14.4 Å². The Morgan fingerprint density at radius 3 is 2.40 bits per heavy atom. The Morgan fingerprint density at radius 1 is 1.25 bits per heavy atom. The topological polar surface area (TPSA) is 98.7 Å². The zero-order valence-corrected chi connectivity index (χ0v) is 11.5. The first-order chi connectivity index (χ1) is 8.99. The Bertz CT molecular complexity index is 295. The molecule has 0 fully saturated rings.